The molecule has 1 aromatic rings. The summed E-state index contributed by atoms with van der Waals surface area (Å²) < 4.78 is 0. The Bertz CT molecular complexity index is 1330. The third-order valence-electron chi connectivity index (χ3n) is 6.45. The van der Waals surface area contributed by atoms with E-state index in [9.17, 15) is 38.4 Å². The Hall–Kier alpha value is -4.92. The van der Waals surface area contributed by atoms with E-state index in [1.807, 2.05) is 0 Å². The highest BCUT2D eigenvalue weighted by atomic mass is 32.1. The van der Waals surface area contributed by atoms with Crippen molar-refractivity contribution in [2.75, 3.05) is 50.3 Å². The molecular weight excluding hydrogens is 666 g/mol. The second-order valence-electron chi connectivity index (χ2n) is 10.7. The number of aryl methyl sites for hydroxylation is 1. The van der Waals surface area contributed by atoms with Gasteiger partial charge in [0.05, 0.1) is 19.1 Å². The molecule has 1 rings (SSSR count). The Morgan fingerprint density at radius 3 is 1.96 bits per heavy atom. The van der Waals surface area contributed by atoms with E-state index in [4.69, 9.17) is 10.8 Å². The van der Waals surface area contributed by atoms with Crippen molar-refractivity contribution in [3.63, 3.8) is 0 Å². The molecule has 1 aromatic heterocycles. The first-order valence-electron chi connectivity index (χ1n) is 15.6. The molecule has 12 N–H and O–H groups in total. The minimum Gasteiger partial charge on any atom is -0.480 e. The largest absolute Gasteiger partial charge is 0.480 e. The number of nitrogens with zero attached hydrogens (tertiary/aromatic N) is 1. The normalized spacial score (nSPS) is 11.7. The molecular formula is C28H47N11O9S. The molecule has 0 unspecified atom stereocenters. The van der Waals surface area contributed by atoms with E-state index in [2.05, 4.69) is 65.1 Å². The van der Waals surface area contributed by atoms with Crippen molar-refractivity contribution in [3.05, 3.63) is 22.1 Å². The first-order chi connectivity index (χ1) is 23.3. The van der Waals surface area contributed by atoms with Crippen molar-refractivity contribution in [3.8, 4) is 0 Å². The number of anilines is 1. The van der Waals surface area contributed by atoms with Crippen molar-refractivity contribution < 1.29 is 38.7 Å². The van der Waals surface area contributed by atoms with Gasteiger partial charge in [0.1, 0.15) is 12.6 Å². The topological polar surface area (TPSA) is 308 Å². The number of carbonyl (C=O) groups excluding carboxylic acids is 6. The number of unbranched alkanes of at least 4 members (excludes halogenated alkanes) is 4. The van der Waals surface area contributed by atoms with Crippen molar-refractivity contribution in [2.24, 2.45) is 5.73 Å². The maximum absolute atomic E-state index is 12.5. The van der Waals surface area contributed by atoms with Crippen LogP contribution >= 0.6 is 12.6 Å². The Labute approximate surface area is 288 Å². The van der Waals surface area contributed by atoms with Crippen LogP contribution in [0, 0.1) is 6.92 Å². The van der Waals surface area contributed by atoms with Gasteiger partial charge >= 0.3 is 18.0 Å². The van der Waals surface area contributed by atoms with Gasteiger partial charge < -0.3 is 48.1 Å². The maximum atomic E-state index is 12.5. The number of nitrogens with one attached hydrogen (secondary N) is 9. The number of hydrogen-bond acceptors (Lipinski definition) is 11. The minimum absolute atomic E-state index is 0.0669. The lowest BCUT2D eigenvalue weighted by Crippen LogP contribution is -2.51. The molecule has 0 aliphatic rings. The fourth-order valence-electron chi connectivity index (χ4n) is 3.96. The molecule has 0 aliphatic heterocycles. The van der Waals surface area contributed by atoms with Crippen LogP contribution in [-0.4, -0.2) is 114 Å². The lowest BCUT2D eigenvalue weighted by Gasteiger charge is -2.18. The van der Waals surface area contributed by atoms with E-state index in [1.165, 1.54) is 6.07 Å². The lowest BCUT2D eigenvalue weighted by atomic mass is 10.1. The molecule has 0 aromatic carbocycles. The highest BCUT2D eigenvalue weighted by molar-refractivity contribution is 7.80. The number of carbonyl (C=O) groups is 7. The van der Waals surface area contributed by atoms with Crippen molar-refractivity contribution in [1.29, 1.82) is 0 Å². The van der Waals surface area contributed by atoms with E-state index < -0.39 is 67.3 Å². The molecule has 0 saturated heterocycles. The molecule has 1 heterocycles. The van der Waals surface area contributed by atoms with Gasteiger partial charge in [0.25, 0.3) is 5.56 Å². The van der Waals surface area contributed by atoms with Crippen molar-refractivity contribution in [2.45, 2.75) is 64.0 Å². The summed E-state index contributed by atoms with van der Waals surface area (Å²) in [6, 6.07) is -1.53. The molecule has 274 valence electrons. The molecule has 0 bridgehead atoms. The summed E-state index contributed by atoms with van der Waals surface area (Å²) in [6.45, 7) is 1.21. The number of hydrogen-bond donors (Lipinski definition) is 12. The first kappa shape index (κ1) is 42.1. The number of nitrogens with two attached hydrogens (primary N) is 1. The number of rotatable bonds is 23. The smallest absolute Gasteiger partial charge is 0.322 e. The summed E-state index contributed by atoms with van der Waals surface area (Å²) in [4.78, 5) is 101. The zero-order valence-corrected chi connectivity index (χ0v) is 28.2. The molecule has 0 fully saturated rings. The van der Waals surface area contributed by atoms with E-state index in [0.717, 1.165) is 19.3 Å². The molecule has 20 nitrogen and oxygen atoms in total. The van der Waals surface area contributed by atoms with Crippen LogP contribution in [0.2, 0.25) is 0 Å². The molecule has 21 heteroatoms. The summed E-state index contributed by atoms with van der Waals surface area (Å²) in [7, 11) is 0. The first-order valence-corrected chi connectivity index (χ1v) is 16.3. The number of aromatic nitrogens is 2. The fourth-order valence-corrected chi connectivity index (χ4v) is 4.12. The van der Waals surface area contributed by atoms with E-state index in [1.54, 1.807) is 6.92 Å². The molecule has 0 saturated carbocycles. The highest BCUT2D eigenvalue weighted by Crippen LogP contribution is 2.02. The summed E-state index contributed by atoms with van der Waals surface area (Å²) in [6.07, 6.45) is 4.05. The lowest BCUT2D eigenvalue weighted by molar-refractivity contribution is -0.138. The van der Waals surface area contributed by atoms with Gasteiger partial charge in [-0.05, 0) is 39.0 Å². The number of thiol groups is 1. The average molecular weight is 714 g/mol. The van der Waals surface area contributed by atoms with Crippen LogP contribution in [0.4, 0.5) is 15.5 Å². The predicted octanol–water partition coefficient (Wildman–Crippen LogP) is -2.60. The summed E-state index contributed by atoms with van der Waals surface area (Å²) in [5, 5.41) is 28.6. The highest BCUT2D eigenvalue weighted by Gasteiger charge is 2.21. The van der Waals surface area contributed by atoms with E-state index in [-0.39, 0.29) is 36.3 Å². The zero-order valence-electron chi connectivity index (χ0n) is 27.3. The zero-order chi connectivity index (χ0) is 36.6. The standard InChI is InChI=1S/C28H47N11O9S/c1-17-12-20(40)38-26(36-17)39-28(48)32-10-6-3-2-5-9-30-27(47)31-11-7-4-8-19(25(46)35-15-23(43)44)37-22(42)14-33-21(41)13-34-24(45)18(29)16-49/h12,18-19,49H,2-11,13-16,29H2,1H3,(H,33,41)(H,34,45)(H,35,46)(H,37,42)(H,43,44)(H2,30,31,47)(H3,32,36,38,39,40,48)/t18-,19-/m0/s1. The number of aliphatic carboxylic acids is 1. The van der Waals surface area contributed by atoms with Crippen LogP contribution in [0.1, 0.15) is 50.6 Å². The Morgan fingerprint density at radius 2 is 1.37 bits per heavy atom. The molecule has 2 atom stereocenters. The molecule has 8 amide bonds. The van der Waals surface area contributed by atoms with Crippen LogP contribution in [0.25, 0.3) is 0 Å². The number of urea groups is 2. The van der Waals surface area contributed by atoms with Crippen LogP contribution in [0.3, 0.4) is 0 Å². The Morgan fingerprint density at radius 1 is 0.796 bits per heavy atom. The van der Waals surface area contributed by atoms with E-state index >= 15 is 0 Å². The second-order valence-corrected chi connectivity index (χ2v) is 11.1. The Balaban J connectivity index is 2.24. The van der Waals surface area contributed by atoms with Gasteiger partial charge in [0, 0.05) is 37.1 Å². The monoisotopic (exact) mass is 713 g/mol. The number of H-pyrrole nitrogens is 1. The fraction of sp³-hybridized carbons (Fsp3) is 0.607. The predicted molar refractivity (Wildman–Crippen MR) is 181 cm³/mol. The summed E-state index contributed by atoms with van der Waals surface area (Å²) in [5.41, 5.74) is 5.61. The van der Waals surface area contributed by atoms with Gasteiger partial charge in [0.15, 0.2) is 0 Å². The van der Waals surface area contributed by atoms with Gasteiger partial charge in [-0.15, -0.1) is 0 Å². The van der Waals surface area contributed by atoms with Gasteiger partial charge in [-0.25, -0.2) is 14.6 Å². The number of carboxylic acid groups (broad SMARTS) is 1. The third-order valence-corrected chi connectivity index (χ3v) is 6.84. The molecule has 49 heavy (non-hydrogen) atoms. The third kappa shape index (κ3) is 20.8. The van der Waals surface area contributed by atoms with Crippen LogP contribution in [0.5, 0.6) is 0 Å². The molecule has 0 radical (unpaired) electrons. The number of amides is 8. The minimum atomic E-state index is -1.27. The SMILES string of the molecule is Cc1cc(=O)[nH]c(NC(=O)NCCCCCCNC(=O)NCCCC[C@H](NC(=O)CNC(=O)CNC(=O)[C@@H](N)CS)C(=O)NCC(=O)O)n1. The quantitative estimate of drug-likeness (QED) is 0.0412. The molecule has 0 spiro atoms. The average Bonchev–Trinajstić information content (AvgIpc) is 3.04. The maximum Gasteiger partial charge on any atom is 0.322 e. The number of aromatic amines is 1. The van der Waals surface area contributed by atoms with Crippen LogP contribution in [0.15, 0.2) is 10.9 Å². The van der Waals surface area contributed by atoms with Gasteiger partial charge in [0.2, 0.25) is 29.6 Å². The summed E-state index contributed by atoms with van der Waals surface area (Å²) >= 11 is 3.89. The van der Waals surface area contributed by atoms with Crippen molar-refractivity contribution >= 4 is 60.2 Å². The van der Waals surface area contributed by atoms with Crippen molar-refractivity contribution in [1.82, 2.24) is 47.2 Å². The van der Waals surface area contributed by atoms with E-state index in [0.29, 0.717) is 38.0 Å². The number of carboxylic acids is 1. The van der Waals surface area contributed by atoms with Gasteiger partial charge in [-0.1, -0.05) is 12.8 Å². The Kier molecular flexibility index (Phi) is 20.8. The van der Waals surface area contributed by atoms with Crippen LogP contribution < -0.4 is 53.8 Å². The van der Waals surface area contributed by atoms with Crippen LogP contribution in [-0.2, 0) is 24.0 Å². The molecule has 0 aliphatic carbocycles. The van der Waals surface area contributed by atoms with Gasteiger partial charge in [-0.2, -0.15) is 12.6 Å². The second kappa shape index (κ2) is 24.3. The summed E-state index contributed by atoms with van der Waals surface area (Å²) in [5.74, 6) is -3.81. The van der Waals surface area contributed by atoms with Gasteiger partial charge in [-0.3, -0.25) is 39.1 Å².